The van der Waals surface area contributed by atoms with Crippen molar-refractivity contribution in [2.24, 2.45) is 11.7 Å². The maximum absolute atomic E-state index is 12.4. The Morgan fingerprint density at radius 2 is 2.22 bits per heavy atom. The number of hydrogen-bond donors (Lipinski definition) is 1. The van der Waals surface area contributed by atoms with Crippen LogP contribution in [0.25, 0.3) is 0 Å². The van der Waals surface area contributed by atoms with Gasteiger partial charge in [0.2, 0.25) is 11.8 Å². The first-order chi connectivity index (χ1) is 8.29. The van der Waals surface area contributed by atoms with Gasteiger partial charge in [-0.3, -0.25) is 14.5 Å². The third kappa shape index (κ3) is 2.30. The fraction of sp³-hybridized carbons (Fsp3) is 0.444. The van der Waals surface area contributed by atoms with Crippen molar-refractivity contribution in [1.82, 2.24) is 4.98 Å². The summed E-state index contributed by atoms with van der Waals surface area (Å²) in [7, 11) is 0. The summed E-state index contributed by atoms with van der Waals surface area (Å²) in [4.78, 5) is 26.9. The van der Waals surface area contributed by atoms with Gasteiger partial charge in [-0.2, -0.15) is 13.2 Å². The van der Waals surface area contributed by atoms with E-state index in [0.717, 1.165) is 10.3 Å². The zero-order chi connectivity index (χ0) is 13.5. The fourth-order valence-corrected chi connectivity index (χ4v) is 2.46. The van der Waals surface area contributed by atoms with Crippen molar-refractivity contribution in [2.45, 2.75) is 12.6 Å². The van der Waals surface area contributed by atoms with Gasteiger partial charge in [0, 0.05) is 18.3 Å². The molecule has 1 aliphatic heterocycles. The highest BCUT2D eigenvalue weighted by atomic mass is 32.1. The van der Waals surface area contributed by atoms with E-state index in [1.165, 1.54) is 0 Å². The number of aromatic nitrogens is 1. The number of nitrogens with zero attached hydrogens (tertiary/aromatic N) is 2. The Morgan fingerprint density at radius 1 is 1.56 bits per heavy atom. The van der Waals surface area contributed by atoms with Gasteiger partial charge in [0.15, 0.2) is 10.8 Å². The average molecular weight is 279 g/mol. The number of rotatable bonds is 2. The Labute approximate surface area is 103 Å². The van der Waals surface area contributed by atoms with Crippen LogP contribution in [0.5, 0.6) is 0 Å². The number of primary amides is 1. The topological polar surface area (TPSA) is 76.3 Å². The van der Waals surface area contributed by atoms with E-state index in [1.54, 1.807) is 0 Å². The highest BCUT2D eigenvalue weighted by Gasteiger charge is 2.38. The van der Waals surface area contributed by atoms with Gasteiger partial charge < -0.3 is 5.73 Å². The molecule has 1 saturated heterocycles. The average Bonchev–Trinajstić information content (AvgIpc) is 2.81. The van der Waals surface area contributed by atoms with Crippen LogP contribution >= 0.6 is 11.3 Å². The predicted octanol–water partition coefficient (Wildman–Crippen LogP) is 1.00. The minimum Gasteiger partial charge on any atom is -0.369 e. The van der Waals surface area contributed by atoms with Gasteiger partial charge in [-0.05, 0) is 0 Å². The van der Waals surface area contributed by atoms with Gasteiger partial charge in [0.1, 0.15) is 0 Å². The summed E-state index contributed by atoms with van der Waals surface area (Å²) in [5.74, 6) is -1.75. The highest BCUT2D eigenvalue weighted by molar-refractivity contribution is 7.14. The molecular formula is C9H8F3N3O2S. The third-order valence-corrected chi connectivity index (χ3v) is 3.40. The molecule has 2 N–H and O–H groups in total. The standard InChI is InChI=1S/C9H8F3N3O2S/c10-9(11,12)5-3-18-8(14-5)15-2-4(7(13)17)1-6(15)16/h3-4H,1-2H2,(H2,13,17). The molecule has 0 spiro atoms. The molecule has 2 rings (SSSR count). The van der Waals surface area contributed by atoms with Gasteiger partial charge in [0.25, 0.3) is 0 Å². The lowest BCUT2D eigenvalue weighted by atomic mass is 10.1. The molecular weight excluding hydrogens is 271 g/mol. The first-order valence-electron chi connectivity index (χ1n) is 4.91. The molecule has 0 aliphatic carbocycles. The summed E-state index contributed by atoms with van der Waals surface area (Å²) in [6.07, 6.45) is -4.63. The Kier molecular flexibility index (Phi) is 3.01. The molecule has 1 atom stereocenters. The highest BCUT2D eigenvalue weighted by Crippen LogP contribution is 2.34. The number of thiazole rings is 1. The lowest BCUT2D eigenvalue weighted by Gasteiger charge is -2.11. The first kappa shape index (κ1) is 12.8. The Morgan fingerprint density at radius 3 is 2.67 bits per heavy atom. The van der Waals surface area contributed by atoms with Crippen molar-refractivity contribution >= 4 is 28.3 Å². The van der Waals surface area contributed by atoms with Crippen LogP contribution in [0.1, 0.15) is 12.1 Å². The molecule has 0 radical (unpaired) electrons. The number of carbonyl (C=O) groups excluding carboxylic acids is 2. The normalized spacial score (nSPS) is 20.5. The first-order valence-corrected chi connectivity index (χ1v) is 5.79. The van der Waals surface area contributed by atoms with Crippen molar-refractivity contribution in [1.29, 1.82) is 0 Å². The molecule has 9 heteroatoms. The number of alkyl halides is 3. The quantitative estimate of drug-likeness (QED) is 0.877. The minimum atomic E-state index is -4.54. The van der Waals surface area contributed by atoms with Crippen molar-refractivity contribution in [2.75, 3.05) is 11.4 Å². The second kappa shape index (κ2) is 4.23. The Bertz CT molecular complexity index is 499. The van der Waals surface area contributed by atoms with Crippen LogP contribution in [0.15, 0.2) is 5.38 Å². The molecule has 1 aromatic rings. The summed E-state index contributed by atoms with van der Waals surface area (Å²) < 4.78 is 37.1. The molecule has 2 heterocycles. The van der Waals surface area contributed by atoms with Crippen LogP contribution in [0.4, 0.5) is 18.3 Å². The van der Waals surface area contributed by atoms with E-state index in [4.69, 9.17) is 5.73 Å². The second-order valence-corrected chi connectivity index (χ2v) is 4.66. The van der Waals surface area contributed by atoms with E-state index < -0.39 is 29.6 Å². The maximum Gasteiger partial charge on any atom is 0.434 e. The van der Waals surface area contributed by atoms with Gasteiger partial charge in [-0.15, -0.1) is 11.3 Å². The minimum absolute atomic E-state index is 0.0149. The van der Waals surface area contributed by atoms with Crippen LogP contribution < -0.4 is 10.6 Å². The molecule has 1 fully saturated rings. The molecule has 2 amide bonds. The van der Waals surface area contributed by atoms with E-state index in [0.29, 0.717) is 11.3 Å². The molecule has 18 heavy (non-hydrogen) atoms. The molecule has 5 nitrogen and oxygen atoms in total. The molecule has 1 aliphatic rings. The smallest absolute Gasteiger partial charge is 0.369 e. The van der Waals surface area contributed by atoms with E-state index >= 15 is 0 Å². The van der Waals surface area contributed by atoms with E-state index in [-0.39, 0.29) is 18.1 Å². The number of anilines is 1. The van der Waals surface area contributed by atoms with Crippen molar-refractivity contribution in [3.63, 3.8) is 0 Å². The molecule has 1 aromatic heterocycles. The summed E-state index contributed by atoms with van der Waals surface area (Å²) in [6, 6.07) is 0. The summed E-state index contributed by atoms with van der Waals surface area (Å²) in [5.41, 5.74) is 4.02. The van der Waals surface area contributed by atoms with E-state index in [2.05, 4.69) is 4.98 Å². The maximum atomic E-state index is 12.4. The zero-order valence-electron chi connectivity index (χ0n) is 8.90. The lowest BCUT2D eigenvalue weighted by molar-refractivity contribution is -0.140. The van der Waals surface area contributed by atoms with Crippen LogP contribution in [0.3, 0.4) is 0 Å². The zero-order valence-corrected chi connectivity index (χ0v) is 9.72. The van der Waals surface area contributed by atoms with E-state index in [1.807, 2.05) is 0 Å². The number of halogens is 3. The van der Waals surface area contributed by atoms with Gasteiger partial charge in [-0.1, -0.05) is 0 Å². The number of hydrogen-bond acceptors (Lipinski definition) is 4. The van der Waals surface area contributed by atoms with Gasteiger partial charge in [-0.25, -0.2) is 4.98 Å². The molecule has 0 bridgehead atoms. The monoisotopic (exact) mass is 279 g/mol. The summed E-state index contributed by atoms with van der Waals surface area (Å²) in [5, 5.41) is 0.774. The van der Waals surface area contributed by atoms with Gasteiger partial charge >= 0.3 is 6.18 Å². The molecule has 0 aromatic carbocycles. The molecule has 0 saturated carbocycles. The van der Waals surface area contributed by atoms with Crippen LogP contribution in [0.2, 0.25) is 0 Å². The van der Waals surface area contributed by atoms with Crippen LogP contribution in [0, 0.1) is 5.92 Å². The van der Waals surface area contributed by atoms with Crippen molar-refractivity contribution in [3.8, 4) is 0 Å². The van der Waals surface area contributed by atoms with Crippen molar-refractivity contribution in [3.05, 3.63) is 11.1 Å². The van der Waals surface area contributed by atoms with Crippen molar-refractivity contribution < 1.29 is 22.8 Å². The number of amides is 2. The fourth-order valence-electron chi connectivity index (χ4n) is 1.60. The Hall–Kier alpha value is -1.64. The number of carbonyl (C=O) groups is 2. The predicted molar refractivity (Wildman–Crippen MR) is 56.8 cm³/mol. The number of nitrogens with two attached hydrogens (primary N) is 1. The SMILES string of the molecule is NC(=O)C1CC(=O)N(c2nc(C(F)(F)F)cs2)C1. The third-order valence-electron chi connectivity index (χ3n) is 2.54. The van der Waals surface area contributed by atoms with E-state index in [9.17, 15) is 22.8 Å². The lowest BCUT2D eigenvalue weighted by Crippen LogP contribution is -2.28. The largest absolute Gasteiger partial charge is 0.434 e. The van der Waals surface area contributed by atoms with Crippen LogP contribution in [-0.2, 0) is 15.8 Å². The van der Waals surface area contributed by atoms with Gasteiger partial charge in [0.05, 0.1) is 5.92 Å². The second-order valence-electron chi connectivity index (χ2n) is 3.82. The summed E-state index contributed by atoms with van der Waals surface area (Å²) in [6.45, 7) is -0.0149. The van der Waals surface area contributed by atoms with Crippen LogP contribution in [-0.4, -0.2) is 23.3 Å². The molecule has 1 unspecified atom stereocenters. The summed E-state index contributed by atoms with van der Waals surface area (Å²) >= 11 is 0.713. The Balaban J connectivity index is 2.20. The molecule has 98 valence electrons.